The number of nitriles is 1. The Labute approximate surface area is 104 Å². The van der Waals surface area contributed by atoms with E-state index >= 15 is 0 Å². The van der Waals surface area contributed by atoms with Crippen LogP contribution in [0.15, 0.2) is 11.5 Å². The molecule has 1 aliphatic rings. The van der Waals surface area contributed by atoms with E-state index in [0.29, 0.717) is 0 Å². The van der Waals surface area contributed by atoms with Gasteiger partial charge >= 0.3 is 11.9 Å². The average molecular weight is 254 g/mol. The molecule has 1 aliphatic heterocycles. The first-order chi connectivity index (χ1) is 8.63. The highest BCUT2D eigenvalue weighted by atomic mass is 16.6. The Bertz CT molecular complexity index is 410. The number of rotatable bonds is 4. The monoisotopic (exact) mass is 254 g/mol. The largest absolute Gasteiger partial charge is 0.475 e. The molecule has 1 fully saturated rings. The third-order valence-corrected chi connectivity index (χ3v) is 2.09. The molecule has 98 valence electrons. The van der Waals surface area contributed by atoms with E-state index in [9.17, 15) is 9.59 Å². The van der Waals surface area contributed by atoms with Gasteiger partial charge in [0.05, 0.1) is 13.2 Å². The maximum Gasteiger partial charge on any atom is 0.354 e. The van der Waals surface area contributed by atoms with E-state index in [2.05, 4.69) is 5.32 Å². The van der Waals surface area contributed by atoms with E-state index in [0.717, 1.165) is 0 Å². The first-order valence-electron chi connectivity index (χ1n) is 5.51. The van der Waals surface area contributed by atoms with Crippen molar-refractivity contribution < 1.29 is 23.8 Å². The molecule has 1 saturated heterocycles. The number of ether oxygens (including phenoxy) is 3. The highest BCUT2D eigenvalue weighted by molar-refractivity contribution is 5.93. The Balaban J connectivity index is 2.76. The van der Waals surface area contributed by atoms with Crippen molar-refractivity contribution in [2.75, 3.05) is 19.8 Å². The van der Waals surface area contributed by atoms with Gasteiger partial charge in [-0.25, -0.2) is 9.59 Å². The number of esters is 2. The van der Waals surface area contributed by atoms with Gasteiger partial charge in [0.1, 0.15) is 12.7 Å². The smallest absolute Gasteiger partial charge is 0.354 e. The molecule has 1 rings (SSSR count). The number of hydrogen-bond donors (Lipinski definition) is 1. The number of nitrogens with zero attached hydrogens (tertiary/aromatic N) is 1. The molecule has 0 bridgehead atoms. The van der Waals surface area contributed by atoms with Gasteiger partial charge in [-0.2, -0.15) is 5.26 Å². The quantitative estimate of drug-likeness (QED) is 0.422. The second-order valence-electron chi connectivity index (χ2n) is 3.30. The van der Waals surface area contributed by atoms with Crippen molar-refractivity contribution in [3.63, 3.8) is 0 Å². The topological polar surface area (TPSA) is 97.7 Å². The van der Waals surface area contributed by atoms with Crippen LogP contribution in [0.2, 0.25) is 0 Å². The van der Waals surface area contributed by atoms with Crippen LogP contribution in [-0.4, -0.2) is 37.8 Å². The summed E-state index contributed by atoms with van der Waals surface area (Å²) in [4.78, 5) is 22.8. The van der Waals surface area contributed by atoms with Gasteiger partial charge in [-0.05, 0) is 13.8 Å². The van der Waals surface area contributed by atoms with E-state index in [4.69, 9.17) is 19.5 Å². The summed E-state index contributed by atoms with van der Waals surface area (Å²) in [7, 11) is 0. The van der Waals surface area contributed by atoms with Crippen LogP contribution in [0.4, 0.5) is 0 Å². The fraction of sp³-hybridized carbons (Fsp3) is 0.545. The molecule has 7 heteroatoms. The molecular weight excluding hydrogens is 240 g/mol. The fourth-order valence-corrected chi connectivity index (χ4v) is 1.31. The zero-order chi connectivity index (χ0) is 13.5. The number of carbonyl (C=O) groups is 2. The molecule has 0 aromatic heterocycles. The number of carbonyl (C=O) groups excluding carboxylic acids is 2. The molecule has 0 amide bonds. The Morgan fingerprint density at radius 2 is 2.11 bits per heavy atom. The first-order valence-corrected chi connectivity index (χ1v) is 5.51. The lowest BCUT2D eigenvalue weighted by Crippen LogP contribution is -2.34. The lowest BCUT2D eigenvalue weighted by atomic mass is 10.3. The zero-order valence-corrected chi connectivity index (χ0v) is 10.2. The maximum atomic E-state index is 11.4. The average Bonchev–Trinajstić information content (AvgIpc) is 2.80. The zero-order valence-electron chi connectivity index (χ0n) is 10.2. The van der Waals surface area contributed by atoms with Crippen molar-refractivity contribution >= 4 is 11.9 Å². The first kappa shape index (κ1) is 13.8. The Morgan fingerprint density at radius 3 is 2.67 bits per heavy atom. The minimum Gasteiger partial charge on any atom is -0.475 e. The van der Waals surface area contributed by atoms with Crippen LogP contribution in [0, 0.1) is 11.3 Å². The van der Waals surface area contributed by atoms with Crippen molar-refractivity contribution in [3.8, 4) is 6.07 Å². The van der Waals surface area contributed by atoms with Gasteiger partial charge in [0, 0.05) is 0 Å². The lowest BCUT2D eigenvalue weighted by molar-refractivity contribution is -0.145. The van der Waals surface area contributed by atoms with Crippen LogP contribution in [0.5, 0.6) is 0 Å². The number of nitrogens with one attached hydrogen (secondary N) is 1. The predicted octanol–water partition coefficient (Wildman–Crippen LogP) is -0.164. The van der Waals surface area contributed by atoms with Crippen LogP contribution < -0.4 is 5.32 Å². The van der Waals surface area contributed by atoms with E-state index in [1.807, 2.05) is 0 Å². The third-order valence-electron chi connectivity index (χ3n) is 2.09. The predicted molar refractivity (Wildman–Crippen MR) is 58.8 cm³/mol. The summed E-state index contributed by atoms with van der Waals surface area (Å²) < 4.78 is 14.6. The molecule has 0 aromatic rings. The molecule has 0 radical (unpaired) electrons. The highest BCUT2D eigenvalue weighted by Crippen LogP contribution is 2.13. The molecule has 1 heterocycles. The highest BCUT2D eigenvalue weighted by Gasteiger charge is 2.32. The molecule has 7 nitrogen and oxygen atoms in total. The molecule has 0 unspecified atom stereocenters. The molecule has 0 aliphatic carbocycles. The summed E-state index contributed by atoms with van der Waals surface area (Å²) in [5.74, 6) is -1.32. The Hall–Kier alpha value is -2.23. The lowest BCUT2D eigenvalue weighted by Gasteiger charge is -2.07. The SMILES string of the molecule is CCOC(=O)C(C#N)=C1N[C@H](C(=O)OCC)CO1. The van der Waals surface area contributed by atoms with Crippen LogP contribution >= 0.6 is 0 Å². The van der Waals surface area contributed by atoms with E-state index in [1.165, 1.54) is 0 Å². The maximum absolute atomic E-state index is 11.4. The summed E-state index contributed by atoms with van der Waals surface area (Å²) in [5.41, 5.74) is -0.288. The van der Waals surface area contributed by atoms with Crippen molar-refractivity contribution in [2.45, 2.75) is 19.9 Å². The van der Waals surface area contributed by atoms with Crippen LogP contribution in [0.25, 0.3) is 0 Å². The molecule has 0 aromatic carbocycles. The van der Waals surface area contributed by atoms with Gasteiger partial charge in [-0.15, -0.1) is 0 Å². The minimum absolute atomic E-state index is 0.0127. The van der Waals surface area contributed by atoms with E-state index < -0.39 is 18.0 Å². The van der Waals surface area contributed by atoms with Gasteiger partial charge in [0.25, 0.3) is 0 Å². The van der Waals surface area contributed by atoms with E-state index in [-0.39, 0.29) is 31.3 Å². The normalized spacial score (nSPS) is 20.2. The van der Waals surface area contributed by atoms with Gasteiger partial charge in [-0.3, -0.25) is 0 Å². The summed E-state index contributed by atoms with van der Waals surface area (Å²) in [6.07, 6.45) is 0. The molecule has 18 heavy (non-hydrogen) atoms. The molecule has 0 spiro atoms. The second-order valence-corrected chi connectivity index (χ2v) is 3.30. The summed E-state index contributed by atoms with van der Waals surface area (Å²) in [6, 6.07) is 0.975. The Morgan fingerprint density at radius 1 is 1.44 bits per heavy atom. The van der Waals surface area contributed by atoms with Crippen molar-refractivity contribution in [1.29, 1.82) is 5.26 Å². The van der Waals surface area contributed by atoms with Crippen LogP contribution in [-0.2, 0) is 23.8 Å². The van der Waals surface area contributed by atoms with Gasteiger partial charge in [0.15, 0.2) is 11.6 Å². The molecular formula is C11H14N2O5. The fourth-order valence-electron chi connectivity index (χ4n) is 1.31. The second kappa shape index (κ2) is 6.49. The van der Waals surface area contributed by atoms with Crippen molar-refractivity contribution in [1.82, 2.24) is 5.32 Å². The third kappa shape index (κ3) is 3.13. The van der Waals surface area contributed by atoms with Crippen molar-refractivity contribution in [3.05, 3.63) is 11.5 Å². The Kier molecular flexibility index (Phi) is 4.99. The van der Waals surface area contributed by atoms with Gasteiger partial charge < -0.3 is 19.5 Å². The van der Waals surface area contributed by atoms with Crippen LogP contribution in [0.3, 0.4) is 0 Å². The van der Waals surface area contributed by atoms with Crippen LogP contribution in [0.1, 0.15) is 13.8 Å². The number of hydrogen-bond acceptors (Lipinski definition) is 7. The molecule has 1 atom stereocenters. The van der Waals surface area contributed by atoms with Gasteiger partial charge in [-0.1, -0.05) is 0 Å². The standard InChI is InChI=1S/C11H14N2O5/c1-3-16-10(14)7(5-12)9-13-8(6-18-9)11(15)17-4-2/h8,13H,3-4,6H2,1-2H3/t8-/m0/s1. The molecule has 1 N–H and O–H groups in total. The van der Waals surface area contributed by atoms with Crippen molar-refractivity contribution in [2.24, 2.45) is 0 Å². The summed E-state index contributed by atoms with van der Waals surface area (Å²) >= 11 is 0. The van der Waals surface area contributed by atoms with E-state index in [1.54, 1.807) is 19.9 Å². The summed E-state index contributed by atoms with van der Waals surface area (Å²) in [5, 5.41) is 11.5. The summed E-state index contributed by atoms with van der Waals surface area (Å²) in [6.45, 7) is 3.72. The van der Waals surface area contributed by atoms with Gasteiger partial charge in [0.2, 0.25) is 5.88 Å². The molecule has 0 saturated carbocycles. The minimum atomic E-state index is -0.785.